The zero-order chi connectivity index (χ0) is 13.8. The van der Waals surface area contributed by atoms with E-state index in [1.54, 1.807) is 12.1 Å². The molecule has 1 aliphatic heterocycles. The summed E-state index contributed by atoms with van der Waals surface area (Å²) in [4.78, 5) is 12.8. The molecule has 1 aromatic carbocycles. The molecule has 0 aliphatic carbocycles. The number of hydrogen-bond acceptors (Lipinski definition) is 5. The molecule has 0 bridgehead atoms. The second-order valence-corrected chi connectivity index (χ2v) is 4.72. The van der Waals surface area contributed by atoms with Crippen molar-refractivity contribution < 1.29 is 14.8 Å². The molecular weight excluding hydrogens is 248 g/mol. The Morgan fingerprint density at radius 1 is 1.47 bits per heavy atom. The predicted octanol–water partition coefficient (Wildman–Crippen LogP) is 1.81. The lowest BCUT2D eigenvalue weighted by Crippen LogP contribution is -2.35. The van der Waals surface area contributed by atoms with Crippen LogP contribution < -0.4 is 9.64 Å². The van der Waals surface area contributed by atoms with Crippen molar-refractivity contribution in [3.63, 3.8) is 0 Å². The Balaban J connectivity index is 2.22. The van der Waals surface area contributed by atoms with Crippen LogP contribution in [0.1, 0.15) is 12.8 Å². The molecule has 1 aliphatic rings. The number of methoxy groups -OCH3 is 1. The Labute approximate surface area is 111 Å². The number of benzene rings is 1. The minimum atomic E-state index is -0.379. The van der Waals surface area contributed by atoms with Crippen LogP contribution in [0.3, 0.4) is 0 Å². The van der Waals surface area contributed by atoms with Gasteiger partial charge in [0.15, 0.2) is 0 Å². The molecule has 6 heteroatoms. The first kappa shape index (κ1) is 13.6. The third-order valence-corrected chi connectivity index (χ3v) is 3.59. The average Bonchev–Trinajstić information content (AvgIpc) is 2.46. The van der Waals surface area contributed by atoms with Crippen LogP contribution in [-0.4, -0.2) is 36.8 Å². The van der Waals surface area contributed by atoms with Crippen molar-refractivity contribution in [2.45, 2.75) is 12.8 Å². The van der Waals surface area contributed by atoms with E-state index in [0.717, 1.165) is 25.9 Å². The van der Waals surface area contributed by atoms with Gasteiger partial charge in [-0.1, -0.05) is 0 Å². The van der Waals surface area contributed by atoms with E-state index in [1.807, 2.05) is 4.90 Å². The molecule has 2 rings (SSSR count). The summed E-state index contributed by atoms with van der Waals surface area (Å²) < 4.78 is 5.03. The number of nitro groups is 1. The van der Waals surface area contributed by atoms with Gasteiger partial charge in [-0.2, -0.15) is 0 Å². The molecule has 1 N–H and O–H groups in total. The van der Waals surface area contributed by atoms with Crippen LogP contribution in [-0.2, 0) is 0 Å². The van der Waals surface area contributed by atoms with Gasteiger partial charge in [0.1, 0.15) is 11.4 Å². The summed E-state index contributed by atoms with van der Waals surface area (Å²) in [5.41, 5.74) is 0.698. The van der Waals surface area contributed by atoms with Crippen LogP contribution in [0.5, 0.6) is 5.75 Å². The molecule has 1 heterocycles. The highest BCUT2D eigenvalue weighted by Gasteiger charge is 2.24. The molecule has 0 unspecified atom stereocenters. The van der Waals surface area contributed by atoms with Crippen molar-refractivity contribution in [3.8, 4) is 5.75 Å². The molecule has 1 saturated heterocycles. The maximum Gasteiger partial charge on any atom is 0.296 e. The quantitative estimate of drug-likeness (QED) is 0.664. The second kappa shape index (κ2) is 5.88. The SMILES string of the molecule is COc1ccc(N2CCC(CO)CC2)c([N+](=O)[O-])c1. The minimum Gasteiger partial charge on any atom is -0.496 e. The summed E-state index contributed by atoms with van der Waals surface area (Å²) in [6, 6.07) is 4.92. The van der Waals surface area contributed by atoms with Gasteiger partial charge in [0, 0.05) is 19.7 Å². The smallest absolute Gasteiger partial charge is 0.296 e. The maximum atomic E-state index is 11.1. The molecule has 1 fully saturated rings. The van der Waals surface area contributed by atoms with Crippen molar-refractivity contribution in [1.29, 1.82) is 0 Å². The highest BCUT2D eigenvalue weighted by Crippen LogP contribution is 2.34. The van der Waals surface area contributed by atoms with Crippen molar-refractivity contribution >= 4 is 11.4 Å². The first-order chi connectivity index (χ1) is 9.15. The van der Waals surface area contributed by atoms with E-state index in [2.05, 4.69) is 0 Å². The standard InChI is InChI=1S/C13H18N2O4/c1-19-11-2-3-12(13(8-11)15(17)18)14-6-4-10(9-16)5-7-14/h2-3,8,10,16H,4-7,9H2,1H3. The van der Waals surface area contributed by atoms with Gasteiger partial charge in [0.2, 0.25) is 0 Å². The highest BCUT2D eigenvalue weighted by atomic mass is 16.6. The summed E-state index contributed by atoms with van der Waals surface area (Å²) in [5, 5.41) is 20.3. The summed E-state index contributed by atoms with van der Waals surface area (Å²) >= 11 is 0. The lowest BCUT2D eigenvalue weighted by Gasteiger charge is -2.32. The van der Waals surface area contributed by atoms with Crippen LogP contribution >= 0.6 is 0 Å². The van der Waals surface area contributed by atoms with Crippen molar-refractivity contribution in [2.24, 2.45) is 5.92 Å². The number of anilines is 1. The van der Waals surface area contributed by atoms with Gasteiger partial charge in [0.25, 0.3) is 5.69 Å². The number of piperidine rings is 1. The first-order valence-corrected chi connectivity index (χ1v) is 6.34. The normalized spacial score (nSPS) is 16.4. The average molecular weight is 266 g/mol. The Bertz CT molecular complexity index is 456. The predicted molar refractivity (Wildman–Crippen MR) is 71.7 cm³/mol. The fourth-order valence-electron chi connectivity index (χ4n) is 2.40. The molecule has 6 nitrogen and oxygen atoms in total. The molecule has 104 valence electrons. The molecule has 0 saturated carbocycles. The Kier molecular flexibility index (Phi) is 4.21. The van der Waals surface area contributed by atoms with Gasteiger partial charge in [-0.15, -0.1) is 0 Å². The summed E-state index contributed by atoms with van der Waals surface area (Å²) in [6.07, 6.45) is 1.72. The number of aliphatic hydroxyl groups is 1. The number of hydrogen-bond donors (Lipinski definition) is 1. The van der Waals surface area contributed by atoms with Crippen molar-refractivity contribution in [2.75, 3.05) is 31.7 Å². The highest BCUT2D eigenvalue weighted by molar-refractivity contribution is 5.65. The van der Waals surface area contributed by atoms with Crippen LogP contribution in [0, 0.1) is 16.0 Å². The molecule has 0 amide bonds. The van der Waals surface area contributed by atoms with E-state index in [1.165, 1.54) is 13.2 Å². The van der Waals surface area contributed by atoms with E-state index in [4.69, 9.17) is 9.84 Å². The summed E-state index contributed by atoms with van der Waals surface area (Å²) in [6.45, 7) is 1.66. The third-order valence-electron chi connectivity index (χ3n) is 3.59. The van der Waals surface area contributed by atoms with Crippen molar-refractivity contribution in [3.05, 3.63) is 28.3 Å². The number of nitro benzene ring substituents is 1. The van der Waals surface area contributed by atoms with Gasteiger partial charge >= 0.3 is 0 Å². The zero-order valence-electron chi connectivity index (χ0n) is 10.9. The molecule has 0 radical (unpaired) electrons. The second-order valence-electron chi connectivity index (χ2n) is 4.72. The number of nitrogens with zero attached hydrogens (tertiary/aromatic N) is 2. The minimum absolute atomic E-state index is 0.0711. The number of aliphatic hydroxyl groups excluding tert-OH is 1. The molecule has 0 atom stereocenters. The fourth-order valence-corrected chi connectivity index (χ4v) is 2.40. The van der Waals surface area contributed by atoms with Gasteiger partial charge < -0.3 is 14.7 Å². The first-order valence-electron chi connectivity index (χ1n) is 6.34. The van der Waals surface area contributed by atoms with Crippen LogP contribution in [0.2, 0.25) is 0 Å². The molecular formula is C13H18N2O4. The number of ether oxygens (including phenoxy) is 1. The maximum absolute atomic E-state index is 11.1. The summed E-state index contributed by atoms with van der Waals surface area (Å²) in [7, 11) is 1.49. The van der Waals surface area contributed by atoms with Gasteiger partial charge in [-0.05, 0) is 30.9 Å². The van der Waals surface area contributed by atoms with Gasteiger partial charge in [0.05, 0.1) is 18.1 Å². The zero-order valence-corrected chi connectivity index (χ0v) is 10.9. The van der Waals surface area contributed by atoms with E-state index in [0.29, 0.717) is 17.4 Å². The molecule has 19 heavy (non-hydrogen) atoms. The van der Waals surface area contributed by atoms with Crippen LogP contribution in [0.4, 0.5) is 11.4 Å². The Morgan fingerprint density at radius 3 is 2.68 bits per heavy atom. The van der Waals surface area contributed by atoms with Gasteiger partial charge in [-0.25, -0.2) is 0 Å². The van der Waals surface area contributed by atoms with E-state index >= 15 is 0 Å². The Hall–Kier alpha value is -1.82. The molecule has 1 aromatic rings. The third kappa shape index (κ3) is 2.96. The monoisotopic (exact) mass is 266 g/mol. The molecule has 0 spiro atoms. The lowest BCUT2D eigenvalue weighted by molar-refractivity contribution is -0.384. The van der Waals surface area contributed by atoms with E-state index in [-0.39, 0.29) is 17.2 Å². The number of rotatable bonds is 4. The van der Waals surface area contributed by atoms with Crippen LogP contribution in [0.15, 0.2) is 18.2 Å². The van der Waals surface area contributed by atoms with Gasteiger partial charge in [-0.3, -0.25) is 10.1 Å². The summed E-state index contributed by atoms with van der Waals surface area (Å²) in [5.74, 6) is 0.800. The van der Waals surface area contributed by atoms with Crippen molar-refractivity contribution in [1.82, 2.24) is 0 Å². The van der Waals surface area contributed by atoms with Crippen LogP contribution in [0.25, 0.3) is 0 Å². The fraction of sp³-hybridized carbons (Fsp3) is 0.538. The largest absolute Gasteiger partial charge is 0.496 e. The Morgan fingerprint density at radius 2 is 2.16 bits per heavy atom. The van der Waals surface area contributed by atoms with E-state index < -0.39 is 0 Å². The molecule has 0 aromatic heterocycles. The topological polar surface area (TPSA) is 75.8 Å². The van der Waals surface area contributed by atoms with E-state index in [9.17, 15) is 10.1 Å². The lowest BCUT2D eigenvalue weighted by atomic mass is 9.97.